The summed E-state index contributed by atoms with van der Waals surface area (Å²) in [6, 6.07) is 10.7. The molecular formula is C20H19N5O3. The summed E-state index contributed by atoms with van der Waals surface area (Å²) < 4.78 is 5.24. The molecule has 8 nitrogen and oxygen atoms in total. The summed E-state index contributed by atoms with van der Waals surface area (Å²) in [6.45, 7) is 0.608. The van der Waals surface area contributed by atoms with Crippen LogP contribution in [0.25, 0.3) is 11.5 Å². The highest BCUT2D eigenvalue weighted by Gasteiger charge is 2.25. The van der Waals surface area contributed by atoms with Crippen molar-refractivity contribution in [2.75, 3.05) is 11.4 Å². The Bertz CT molecular complexity index is 1020. The Balaban J connectivity index is 1.47. The number of fused-ring (bicyclic) bond motifs is 1. The van der Waals surface area contributed by atoms with E-state index in [9.17, 15) is 9.59 Å². The van der Waals surface area contributed by atoms with E-state index in [1.54, 1.807) is 29.3 Å². The van der Waals surface area contributed by atoms with E-state index < -0.39 is 5.91 Å². The van der Waals surface area contributed by atoms with Crippen molar-refractivity contribution in [3.8, 4) is 11.5 Å². The first-order chi connectivity index (χ1) is 13.6. The van der Waals surface area contributed by atoms with E-state index >= 15 is 0 Å². The number of aromatic nitrogens is 3. The maximum Gasteiger partial charge on any atom is 0.249 e. The van der Waals surface area contributed by atoms with Gasteiger partial charge < -0.3 is 15.2 Å². The van der Waals surface area contributed by atoms with Crippen LogP contribution in [0.1, 0.15) is 34.7 Å². The van der Waals surface area contributed by atoms with Crippen LogP contribution in [-0.2, 0) is 17.6 Å². The molecule has 0 unspecified atom stereocenters. The fourth-order valence-corrected chi connectivity index (χ4v) is 3.42. The van der Waals surface area contributed by atoms with Gasteiger partial charge in [-0.25, -0.2) is 0 Å². The van der Waals surface area contributed by atoms with Crippen LogP contribution >= 0.6 is 0 Å². The average Bonchev–Trinajstić information content (AvgIpc) is 3.21. The third-order valence-electron chi connectivity index (χ3n) is 4.73. The summed E-state index contributed by atoms with van der Waals surface area (Å²) in [5.41, 5.74) is 8.16. The largest absolute Gasteiger partial charge is 0.366 e. The highest BCUT2D eigenvalue weighted by molar-refractivity contribution is 6.00. The standard InChI is InChI=1S/C20H19N5O3/c21-19(27)14-5-3-8-16-13(14)6-4-12-25(16)18(26)10-9-17-23-20(24-28-17)15-7-1-2-11-22-15/h1-3,5,7-8,11H,4,6,9-10,12H2,(H2,21,27). The van der Waals surface area contributed by atoms with Crippen LogP contribution < -0.4 is 10.6 Å². The quantitative estimate of drug-likeness (QED) is 0.728. The summed E-state index contributed by atoms with van der Waals surface area (Å²) in [5.74, 6) is 0.258. The van der Waals surface area contributed by atoms with Gasteiger partial charge in [0.15, 0.2) is 0 Å². The van der Waals surface area contributed by atoms with Crippen molar-refractivity contribution in [1.29, 1.82) is 0 Å². The van der Waals surface area contributed by atoms with Gasteiger partial charge in [0, 0.05) is 36.8 Å². The Hall–Kier alpha value is -3.55. The Morgan fingerprint density at radius 1 is 1.18 bits per heavy atom. The first-order valence-corrected chi connectivity index (χ1v) is 9.09. The van der Waals surface area contributed by atoms with Gasteiger partial charge in [-0.2, -0.15) is 4.98 Å². The third-order valence-corrected chi connectivity index (χ3v) is 4.73. The van der Waals surface area contributed by atoms with Gasteiger partial charge in [0.2, 0.25) is 23.5 Å². The Morgan fingerprint density at radius 2 is 2.07 bits per heavy atom. The maximum absolute atomic E-state index is 12.8. The monoisotopic (exact) mass is 377 g/mol. The van der Waals surface area contributed by atoms with Crippen LogP contribution in [0.3, 0.4) is 0 Å². The van der Waals surface area contributed by atoms with Gasteiger partial charge in [0.05, 0.1) is 0 Å². The van der Waals surface area contributed by atoms with E-state index in [0.29, 0.717) is 35.9 Å². The Morgan fingerprint density at radius 3 is 2.86 bits per heavy atom. The lowest BCUT2D eigenvalue weighted by Crippen LogP contribution is -2.36. The molecule has 0 saturated heterocycles. The third kappa shape index (κ3) is 3.48. The van der Waals surface area contributed by atoms with Gasteiger partial charge in [-0.05, 0) is 42.7 Å². The number of primary amides is 1. The number of hydrogen-bond acceptors (Lipinski definition) is 6. The number of carbonyl (C=O) groups excluding carboxylic acids is 2. The molecule has 1 aliphatic heterocycles. The van der Waals surface area contributed by atoms with E-state index in [-0.39, 0.29) is 12.3 Å². The van der Waals surface area contributed by atoms with Gasteiger partial charge in [-0.15, -0.1) is 0 Å². The van der Waals surface area contributed by atoms with Crippen LogP contribution in [0.4, 0.5) is 5.69 Å². The molecule has 2 amide bonds. The SMILES string of the molecule is NC(=O)c1cccc2c1CCCN2C(=O)CCc1nc(-c2ccccn2)no1. The molecule has 0 atom stereocenters. The summed E-state index contributed by atoms with van der Waals surface area (Å²) in [4.78, 5) is 34.7. The Labute approximate surface area is 161 Å². The fraction of sp³-hybridized carbons (Fsp3) is 0.250. The maximum atomic E-state index is 12.8. The van der Waals surface area contributed by atoms with E-state index in [0.717, 1.165) is 24.1 Å². The number of pyridine rings is 1. The molecule has 0 spiro atoms. The molecule has 0 saturated carbocycles. The van der Waals surface area contributed by atoms with Crippen molar-refractivity contribution in [2.24, 2.45) is 5.73 Å². The van der Waals surface area contributed by atoms with Gasteiger partial charge in [0.25, 0.3) is 0 Å². The second-order valence-corrected chi connectivity index (χ2v) is 6.54. The molecule has 142 valence electrons. The van der Waals surface area contributed by atoms with Crippen molar-refractivity contribution in [3.63, 3.8) is 0 Å². The molecule has 3 heterocycles. The van der Waals surface area contributed by atoms with Crippen LogP contribution in [0.2, 0.25) is 0 Å². The van der Waals surface area contributed by atoms with Crippen LogP contribution in [0, 0.1) is 0 Å². The molecule has 2 aromatic heterocycles. The normalized spacial score (nSPS) is 13.2. The number of nitrogens with zero attached hydrogens (tertiary/aromatic N) is 4. The summed E-state index contributed by atoms with van der Waals surface area (Å²) >= 11 is 0. The van der Waals surface area contributed by atoms with Crippen molar-refractivity contribution in [2.45, 2.75) is 25.7 Å². The van der Waals surface area contributed by atoms with Gasteiger partial charge in [-0.1, -0.05) is 17.3 Å². The molecule has 0 radical (unpaired) electrons. The van der Waals surface area contributed by atoms with Crippen molar-refractivity contribution in [1.82, 2.24) is 15.1 Å². The minimum absolute atomic E-state index is 0.0554. The first kappa shape index (κ1) is 17.8. The lowest BCUT2D eigenvalue weighted by atomic mass is 9.95. The van der Waals surface area contributed by atoms with Gasteiger partial charge in [-0.3, -0.25) is 14.6 Å². The summed E-state index contributed by atoms with van der Waals surface area (Å²) in [6.07, 6.45) is 3.73. The number of hydrogen-bond donors (Lipinski definition) is 1. The second-order valence-electron chi connectivity index (χ2n) is 6.54. The highest BCUT2D eigenvalue weighted by Crippen LogP contribution is 2.30. The number of benzene rings is 1. The number of amides is 2. The molecule has 0 fully saturated rings. The minimum atomic E-state index is -0.473. The van der Waals surface area contributed by atoms with E-state index in [2.05, 4.69) is 15.1 Å². The van der Waals surface area contributed by atoms with E-state index in [1.807, 2.05) is 18.2 Å². The smallest absolute Gasteiger partial charge is 0.249 e. The van der Waals surface area contributed by atoms with Gasteiger partial charge in [0.1, 0.15) is 5.69 Å². The zero-order valence-electron chi connectivity index (χ0n) is 15.2. The number of aryl methyl sites for hydroxylation is 1. The molecule has 0 aliphatic carbocycles. The number of anilines is 1. The minimum Gasteiger partial charge on any atom is -0.366 e. The molecule has 8 heteroatoms. The zero-order chi connectivity index (χ0) is 19.5. The first-order valence-electron chi connectivity index (χ1n) is 9.09. The van der Waals surface area contributed by atoms with E-state index in [4.69, 9.17) is 10.3 Å². The zero-order valence-corrected chi connectivity index (χ0v) is 15.2. The molecule has 4 rings (SSSR count). The number of nitrogens with two attached hydrogens (primary N) is 1. The molecule has 3 aromatic rings. The predicted molar refractivity (Wildman–Crippen MR) is 101 cm³/mol. The molecule has 28 heavy (non-hydrogen) atoms. The van der Waals surface area contributed by atoms with Crippen molar-refractivity contribution < 1.29 is 14.1 Å². The molecule has 2 N–H and O–H groups in total. The average molecular weight is 377 g/mol. The van der Waals surface area contributed by atoms with Crippen molar-refractivity contribution >= 4 is 17.5 Å². The fourth-order valence-electron chi connectivity index (χ4n) is 3.42. The van der Waals surface area contributed by atoms with Crippen molar-refractivity contribution in [3.05, 3.63) is 59.6 Å². The lowest BCUT2D eigenvalue weighted by Gasteiger charge is -2.30. The molecule has 0 bridgehead atoms. The van der Waals surface area contributed by atoms with Crippen LogP contribution in [0.15, 0.2) is 47.1 Å². The summed E-state index contributed by atoms with van der Waals surface area (Å²) in [5, 5.41) is 3.92. The van der Waals surface area contributed by atoms with Crippen LogP contribution in [-0.4, -0.2) is 33.5 Å². The van der Waals surface area contributed by atoms with Crippen LogP contribution in [0.5, 0.6) is 0 Å². The second kappa shape index (κ2) is 7.59. The topological polar surface area (TPSA) is 115 Å². The number of carbonyl (C=O) groups is 2. The highest BCUT2D eigenvalue weighted by atomic mass is 16.5. The summed E-state index contributed by atoms with van der Waals surface area (Å²) in [7, 11) is 0. The number of rotatable bonds is 5. The van der Waals surface area contributed by atoms with Gasteiger partial charge >= 0.3 is 0 Å². The molecule has 1 aromatic carbocycles. The molecular weight excluding hydrogens is 358 g/mol. The lowest BCUT2D eigenvalue weighted by molar-refractivity contribution is -0.118. The van der Waals surface area contributed by atoms with E-state index in [1.165, 1.54) is 0 Å². The Kier molecular flexibility index (Phi) is 4.84. The molecule has 1 aliphatic rings. The predicted octanol–water partition coefficient (Wildman–Crippen LogP) is 2.14.